The van der Waals surface area contributed by atoms with E-state index in [4.69, 9.17) is 11.5 Å². The molecule has 0 saturated carbocycles. The van der Waals surface area contributed by atoms with Crippen LogP contribution in [-0.2, 0) is 24.0 Å². The first-order valence-electron chi connectivity index (χ1n) is 26.5. The third-order valence-corrected chi connectivity index (χ3v) is 12.3. The second-order valence-electron chi connectivity index (χ2n) is 18.3. The van der Waals surface area contributed by atoms with E-state index >= 15 is 0 Å². The molecule has 0 spiro atoms. The molecule has 370 valence electrons. The van der Waals surface area contributed by atoms with Crippen LogP contribution in [0.4, 0.5) is 0 Å². The molecule has 0 aliphatic rings. The predicted octanol–water partition coefficient (Wildman–Crippen LogP) is 9.69. The minimum Gasteiger partial charge on any atom is -0.357 e. The smallest absolute Gasteiger partial charge is 0.243 e. The van der Waals surface area contributed by atoms with E-state index < -0.39 is 29.9 Å². The lowest BCUT2D eigenvalue weighted by Gasteiger charge is -2.25. The molecule has 0 aromatic carbocycles. The molecule has 0 bridgehead atoms. The number of amides is 5. The van der Waals surface area contributed by atoms with Gasteiger partial charge in [0.1, 0.15) is 18.1 Å². The van der Waals surface area contributed by atoms with Crippen molar-refractivity contribution >= 4 is 29.5 Å². The molecule has 0 saturated heterocycles. The van der Waals surface area contributed by atoms with Gasteiger partial charge in [-0.15, -0.1) is 0 Å². The number of nitrogens with one attached hydrogen (secondary N) is 5. The Labute approximate surface area is 386 Å². The lowest BCUT2D eigenvalue weighted by molar-refractivity contribution is -0.134. The molecule has 0 fully saturated rings. The summed E-state index contributed by atoms with van der Waals surface area (Å²) in [7, 11) is 1.53. The number of unbranched alkanes of at least 4 members (excludes halogenated alkanes) is 27. The summed E-state index contributed by atoms with van der Waals surface area (Å²) < 4.78 is 0. The van der Waals surface area contributed by atoms with Gasteiger partial charge in [-0.2, -0.15) is 0 Å². The summed E-state index contributed by atoms with van der Waals surface area (Å²) in [5, 5.41) is 14.4. The van der Waals surface area contributed by atoms with Gasteiger partial charge in [0.25, 0.3) is 0 Å². The van der Waals surface area contributed by atoms with Gasteiger partial charge in [-0.05, 0) is 83.7 Å². The lowest BCUT2D eigenvalue weighted by atomic mass is 10.0. The van der Waals surface area contributed by atoms with Gasteiger partial charge in [-0.25, -0.2) is 0 Å². The Kier molecular flexibility index (Phi) is 43.8. The van der Waals surface area contributed by atoms with E-state index in [1.807, 2.05) is 0 Å². The zero-order valence-electron chi connectivity index (χ0n) is 41.2. The topological polar surface area (TPSA) is 198 Å². The van der Waals surface area contributed by atoms with Crippen molar-refractivity contribution in [3.05, 3.63) is 0 Å². The Bertz CT molecular complexity index is 1110. The fourth-order valence-corrected chi connectivity index (χ4v) is 8.17. The van der Waals surface area contributed by atoms with Crippen LogP contribution in [0.1, 0.15) is 251 Å². The van der Waals surface area contributed by atoms with E-state index in [2.05, 4.69) is 40.4 Å². The number of carbonyl (C=O) groups excluding carboxylic acids is 5. The maximum atomic E-state index is 13.9. The van der Waals surface area contributed by atoms with Crippen LogP contribution >= 0.6 is 0 Å². The second-order valence-corrected chi connectivity index (χ2v) is 18.3. The number of hydrogen-bond acceptors (Lipinski definition) is 7. The summed E-state index contributed by atoms with van der Waals surface area (Å²) in [4.78, 5) is 65.9. The summed E-state index contributed by atoms with van der Waals surface area (Å²) in [5.74, 6) is -1.28. The number of likely N-dealkylation sites (N-methyl/N-ethyl adjacent to an activating group) is 1. The average molecular weight is 892 g/mol. The van der Waals surface area contributed by atoms with Crippen molar-refractivity contribution in [2.45, 2.75) is 270 Å². The predicted molar refractivity (Wildman–Crippen MR) is 263 cm³/mol. The lowest BCUT2D eigenvalue weighted by Crippen LogP contribution is -2.56. The van der Waals surface area contributed by atoms with E-state index in [0.717, 1.165) is 38.5 Å². The number of nitrogens with two attached hydrogens (primary N) is 2. The Morgan fingerprint density at radius 1 is 0.365 bits per heavy atom. The first-order valence-corrected chi connectivity index (χ1v) is 26.5. The molecular weight excluding hydrogens is 791 g/mol. The Hall–Kier alpha value is -2.73. The van der Waals surface area contributed by atoms with Crippen LogP contribution in [0, 0.1) is 0 Å². The molecule has 12 nitrogen and oxygen atoms in total. The van der Waals surface area contributed by atoms with Crippen LogP contribution in [0.15, 0.2) is 0 Å². The van der Waals surface area contributed by atoms with Gasteiger partial charge in [-0.1, -0.05) is 168 Å². The molecule has 0 aliphatic carbocycles. The minimum atomic E-state index is -0.893. The van der Waals surface area contributed by atoms with Gasteiger partial charge in [0, 0.05) is 26.4 Å². The molecule has 0 heterocycles. The number of hydrogen-bond donors (Lipinski definition) is 7. The molecule has 3 unspecified atom stereocenters. The first-order chi connectivity index (χ1) is 30.7. The van der Waals surface area contributed by atoms with Gasteiger partial charge in [0.2, 0.25) is 29.5 Å². The van der Waals surface area contributed by atoms with E-state index in [-0.39, 0.29) is 17.7 Å². The van der Waals surface area contributed by atoms with Crippen LogP contribution in [0.5, 0.6) is 0 Å². The fraction of sp³-hybridized carbons (Fsp3) is 0.902. The minimum absolute atomic E-state index is 0.0582. The van der Waals surface area contributed by atoms with Gasteiger partial charge >= 0.3 is 0 Å². The molecule has 9 N–H and O–H groups in total. The van der Waals surface area contributed by atoms with Crippen molar-refractivity contribution in [3.8, 4) is 0 Å². The number of carbonyl (C=O) groups is 5. The van der Waals surface area contributed by atoms with E-state index in [1.165, 1.54) is 142 Å². The standard InChI is InChI=1S/C51H101N7O5/c1-4-6-8-10-12-14-16-18-20-22-24-26-28-39-47(59)55-43-35-32-38-45(56-48(60)40-29-27-25-23-21-19-17-15-13-11-9-7-5-2)50(62)58-46(37-31-34-42-53)51(63)57-44(49(61)54-3)36-30-33-41-52/h44-46H,4-43,52-53H2,1-3H3,(H,54,61)(H,55,59)(H,56,60)(H,57,63)(H,58,62). The quantitative estimate of drug-likeness (QED) is 0.0295. The van der Waals surface area contributed by atoms with Crippen molar-refractivity contribution in [1.82, 2.24) is 26.6 Å². The third-order valence-electron chi connectivity index (χ3n) is 12.3. The number of rotatable bonds is 47. The Morgan fingerprint density at radius 3 is 1.05 bits per heavy atom. The van der Waals surface area contributed by atoms with E-state index in [1.54, 1.807) is 0 Å². The van der Waals surface area contributed by atoms with Crippen molar-refractivity contribution < 1.29 is 24.0 Å². The molecule has 63 heavy (non-hydrogen) atoms. The van der Waals surface area contributed by atoms with Crippen LogP contribution in [0.3, 0.4) is 0 Å². The van der Waals surface area contributed by atoms with Crippen LogP contribution in [0.25, 0.3) is 0 Å². The van der Waals surface area contributed by atoms with Crippen LogP contribution in [-0.4, -0.2) is 74.3 Å². The molecule has 3 atom stereocenters. The van der Waals surface area contributed by atoms with Gasteiger partial charge in [-0.3, -0.25) is 24.0 Å². The Morgan fingerprint density at radius 2 is 0.683 bits per heavy atom. The maximum absolute atomic E-state index is 13.9. The highest BCUT2D eigenvalue weighted by molar-refractivity contribution is 5.94. The Balaban J connectivity index is 5.06. The largest absolute Gasteiger partial charge is 0.357 e. The first kappa shape index (κ1) is 60.3. The monoisotopic (exact) mass is 892 g/mol. The van der Waals surface area contributed by atoms with Gasteiger partial charge in [0.15, 0.2) is 0 Å². The molecule has 5 amide bonds. The molecule has 0 rings (SSSR count). The molecule has 0 aromatic heterocycles. The van der Waals surface area contributed by atoms with Crippen molar-refractivity contribution in [2.75, 3.05) is 26.7 Å². The third kappa shape index (κ3) is 38.3. The van der Waals surface area contributed by atoms with Crippen molar-refractivity contribution in [1.29, 1.82) is 0 Å². The summed E-state index contributed by atoms with van der Waals surface area (Å²) in [5.41, 5.74) is 11.4. The molecule has 0 aromatic rings. The van der Waals surface area contributed by atoms with Crippen LogP contribution < -0.4 is 38.1 Å². The zero-order valence-corrected chi connectivity index (χ0v) is 41.2. The van der Waals surface area contributed by atoms with E-state index in [9.17, 15) is 24.0 Å². The van der Waals surface area contributed by atoms with Crippen molar-refractivity contribution in [3.63, 3.8) is 0 Å². The average Bonchev–Trinajstić information content (AvgIpc) is 3.27. The van der Waals surface area contributed by atoms with Crippen LogP contribution in [0.2, 0.25) is 0 Å². The highest BCUT2D eigenvalue weighted by atomic mass is 16.2. The van der Waals surface area contributed by atoms with E-state index in [0.29, 0.717) is 83.8 Å². The van der Waals surface area contributed by atoms with Crippen molar-refractivity contribution in [2.24, 2.45) is 11.5 Å². The second kappa shape index (κ2) is 45.8. The summed E-state index contributed by atoms with van der Waals surface area (Å²) in [6, 6.07) is -2.47. The van der Waals surface area contributed by atoms with Gasteiger partial charge in [0.05, 0.1) is 0 Å². The summed E-state index contributed by atoms with van der Waals surface area (Å²) >= 11 is 0. The van der Waals surface area contributed by atoms with Gasteiger partial charge < -0.3 is 38.1 Å². The molecule has 0 radical (unpaired) electrons. The SMILES string of the molecule is CCCCCCCCCCCCCCCC(=O)NCCCCC(NC(=O)CCCCCCCCCCCCCCC)C(=O)NC(CCCCN)C(=O)NC(CCCCN)C(=O)NC. The maximum Gasteiger partial charge on any atom is 0.243 e. The normalized spacial score (nSPS) is 12.7. The molecular formula is C51H101N7O5. The summed E-state index contributed by atoms with van der Waals surface area (Å²) in [6.45, 7) is 5.96. The highest BCUT2D eigenvalue weighted by Gasteiger charge is 2.29. The highest BCUT2D eigenvalue weighted by Crippen LogP contribution is 2.15. The molecule has 0 aliphatic heterocycles. The summed E-state index contributed by atoms with van der Waals surface area (Å²) in [6.07, 6.45) is 38.4. The fourth-order valence-electron chi connectivity index (χ4n) is 8.17. The molecule has 12 heteroatoms. The zero-order chi connectivity index (χ0) is 46.4.